The number of phenolic OH excluding ortho intramolecular Hbond substituents is 1. The van der Waals surface area contributed by atoms with Crippen molar-refractivity contribution in [1.82, 2.24) is 4.90 Å². The molecule has 0 saturated heterocycles. The zero-order valence-corrected chi connectivity index (χ0v) is 16.3. The van der Waals surface area contributed by atoms with E-state index in [1.165, 1.54) is 53.5 Å². The highest BCUT2D eigenvalue weighted by atomic mass is 16.3. The zero-order chi connectivity index (χ0) is 17.4. The van der Waals surface area contributed by atoms with Gasteiger partial charge in [0.25, 0.3) is 0 Å². The summed E-state index contributed by atoms with van der Waals surface area (Å²) in [6, 6.07) is 0. The van der Waals surface area contributed by atoms with Crippen LogP contribution in [0.2, 0.25) is 0 Å². The van der Waals surface area contributed by atoms with E-state index in [1.807, 2.05) is 0 Å². The zero-order valence-electron chi connectivity index (χ0n) is 16.3. The highest BCUT2D eigenvalue weighted by Gasteiger charge is 2.21. The minimum Gasteiger partial charge on any atom is -0.507 e. The van der Waals surface area contributed by atoms with Crippen LogP contribution in [0.25, 0.3) is 0 Å². The van der Waals surface area contributed by atoms with Crippen molar-refractivity contribution in [3.8, 4) is 5.75 Å². The molecule has 0 aliphatic heterocycles. The van der Waals surface area contributed by atoms with Crippen LogP contribution in [0.15, 0.2) is 0 Å². The molecule has 0 atom stereocenters. The molecule has 0 aliphatic carbocycles. The Balaban J connectivity index is 3.37. The molecule has 1 N–H and O–H groups in total. The van der Waals surface area contributed by atoms with Crippen molar-refractivity contribution in [2.75, 3.05) is 14.1 Å². The topological polar surface area (TPSA) is 23.5 Å². The molecule has 23 heavy (non-hydrogen) atoms. The van der Waals surface area contributed by atoms with Crippen LogP contribution in [0.1, 0.15) is 81.2 Å². The maximum Gasteiger partial charge on any atom is 0.123 e. The van der Waals surface area contributed by atoms with E-state index in [2.05, 4.69) is 46.7 Å². The molecule has 0 bridgehead atoms. The van der Waals surface area contributed by atoms with Gasteiger partial charge in [0.15, 0.2) is 0 Å². The molecule has 2 heteroatoms. The summed E-state index contributed by atoms with van der Waals surface area (Å²) in [4.78, 5) is 2.18. The van der Waals surface area contributed by atoms with Gasteiger partial charge in [-0.2, -0.15) is 0 Å². The fraction of sp³-hybridized carbons (Fsp3) is 0.714. The van der Waals surface area contributed by atoms with Crippen LogP contribution in [0, 0.1) is 0 Å². The molecule has 0 unspecified atom stereocenters. The van der Waals surface area contributed by atoms with Crippen LogP contribution in [-0.4, -0.2) is 24.1 Å². The molecule has 0 spiro atoms. The van der Waals surface area contributed by atoms with E-state index in [4.69, 9.17) is 0 Å². The Morgan fingerprint density at radius 3 is 1.74 bits per heavy atom. The Bertz CT molecular complexity index is 491. The Morgan fingerprint density at radius 1 is 0.696 bits per heavy atom. The van der Waals surface area contributed by atoms with Gasteiger partial charge in [-0.05, 0) is 68.5 Å². The SMILES string of the molecule is CCCCCCc1c(CN(C)C)c(O)c(CC)c(CC)c1CC. The fourth-order valence-corrected chi connectivity index (χ4v) is 3.77. The predicted octanol–water partition coefficient (Wildman–Crippen LogP) is 5.26. The fourth-order valence-electron chi connectivity index (χ4n) is 3.77. The summed E-state index contributed by atoms with van der Waals surface area (Å²) in [5.41, 5.74) is 6.70. The number of unbranched alkanes of at least 4 members (excludes halogenated alkanes) is 3. The van der Waals surface area contributed by atoms with Crippen LogP contribution in [-0.2, 0) is 32.2 Å². The lowest BCUT2D eigenvalue weighted by atomic mass is 9.84. The summed E-state index contributed by atoms with van der Waals surface area (Å²) >= 11 is 0. The Labute approximate surface area is 143 Å². The van der Waals surface area contributed by atoms with Crippen molar-refractivity contribution in [3.63, 3.8) is 0 Å². The molecular weight excluding hydrogens is 282 g/mol. The number of nitrogens with zero attached hydrogens (tertiary/aromatic N) is 1. The van der Waals surface area contributed by atoms with Gasteiger partial charge >= 0.3 is 0 Å². The first-order chi connectivity index (χ1) is 11.0. The van der Waals surface area contributed by atoms with E-state index in [1.54, 1.807) is 0 Å². The van der Waals surface area contributed by atoms with Crippen LogP contribution in [0.5, 0.6) is 5.75 Å². The molecule has 0 amide bonds. The number of phenols is 1. The normalized spacial score (nSPS) is 11.4. The Hall–Kier alpha value is -1.02. The average molecular weight is 320 g/mol. The first kappa shape index (κ1) is 20.0. The molecule has 132 valence electrons. The van der Waals surface area contributed by atoms with Gasteiger partial charge in [0.05, 0.1) is 0 Å². The second-order valence-electron chi connectivity index (χ2n) is 6.85. The maximum absolute atomic E-state index is 10.9. The number of aromatic hydroxyl groups is 1. The third-order valence-electron chi connectivity index (χ3n) is 4.84. The standard InChI is InChI=1S/C21H37NO/c1-7-11-12-13-14-19-17(9-3)16(8-2)18(10-4)21(23)20(19)15-22(5)6/h23H,7-15H2,1-6H3. The van der Waals surface area contributed by atoms with Crippen molar-refractivity contribution in [2.24, 2.45) is 0 Å². The molecule has 1 aromatic rings. The molecule has 0 fully saturated rings. The van der Waals surface area contributed by atoms with Gasteiger partial charge in [0, 0.05) is 12.1 Å². The third-order valence-corrected chi connectivity index (χ3v) is 4.84. The minimum absolute atomic E-state index is 0.570. The second-order valence-corrected chi connectivity index (χ2v) is 6.85. The van der Waals surface area contributed by atoms with Crippen molar-refractivity contribution in [1.29, 1.82) is 0 Å². The molecule has 1 aromatic carbocycles. The van der Waals surface area contributed by atoms with Crippen LogP contribution >= 0.6 is 0 Å². The van der Waals surface area contributed by atoms with Gasteiger partial charge in [-0.15, -0.1) is 0 Å². The summed E-state index contributed by atoms with van der Waals surface area (Å²) in [7, 11) is 4.18. The third kappa shape index (κ3) is 4.97. The van der Waals surface area contributed by atoms with E-state index in [0.717, 1.165) is 32.2 Å². The Morgan fingerprint density at radius 2 is 1.26 bits per heavy atom. The maximum atomic E-state index is 10.9. The lowest BCUT2D eigenvalue weighted by Gasteiger charge is -2.25. The predicted molar refractivity (Wildman–Crippen MR) is 101 cm³/mol. The average Bonchev–Trinajstić information content (AvgIpc) is 2.53. The Kier molecular flexibility index (Phi) is 8.68. The van der Waals surface area contributed by atoms with Crippen LogP contribution < -0.4 is 0 Å². The van der Waals surface area contributed by atoms with Crippen molar-refractivity contribution in [3.05, 3.63) is 27.8 Å². The largest absolute Gasteiger partial charge is 0.507 e. The van der Waals surface area contributed by atoms with Crippen molar-refractivity contribution < 1.29 is 5.11 Å². The number of benzene rings is 1. The smallest absolute Gasteiger partial charge is 0.123 e. The van der Waals surface area contributed by atoms with Crippen LogP contribution in [0.3, 0.4) is 0 Å². The number of rotatable bonds is 10. The van der Waals surface area contributed by atoms with Crippen LogP contribution in [0.4, 0.5) is 0 Å². The number of hydrogen-bond donors (Lipinski definition) is 1. The quantitative estimate of drug-likeness (QED) is 0.594. The second kappa shape index (κ2) is 9.97. The summed E-state index contributed by atoms with van der Waals surface area (Å²) in [6.45, 7) is 9.73. The highest BCUT2D eigenvalue weighted by molar-refractivity contribution is 5.55. The van der Waals surface area contributed by atoms with Gasteiger partial charge in [0.1, 0.15) is 5.75 Å². The van der Waals surface area contributed by atoms with E-state index >= 15 is 0 Å². The van der Waals surface area contributed by atoms with Crippen molar-refractivity contribution in [2.45, 2.75) is 85.6 Å². The summed E-state index contributed by atoms with van der Waals surface area (Å²) in [6.07, 6.45) is 9.21. The molecule has 2 nitrogen and oxygen atoms in total. The van der Waals surface area contributed by atoms with Gasteiger partial charge in [-0.25, -0.2) is 0 Å². The highest BCUT2D eigenvalue weighted by Crippen LogP contribution is 2.36. The van der Waals surface area contributed by atoms with Gasteiger partial charge in [0.2, 0.25) is 0 Å². The van der Waals surface area contributed by atoms with E-state index in [9.17, 15) is 5.11 Å². The monoisotopic (exact) mass is 319 g/mol. The molecule has 0 heterocycles. The first-order valence-electron chi connectivity index (χ1n) is 9.53. The molecular formula is C21H37NO. The molecule has 0 radical (unpaired) electrons. The molecule has 0 aliphatic rings. The van der Waals surface area contributed by atoms with Gasteiger partial charge in [-0.1, -0.05) is 47.0 Å². The minimum atomic E-state index is 0.570. The summed E-state index contributed by atoms with van der Waals surface area (Å²) < 4.78 is 0. The summed E-state index contributed by atoms with van der Waals surface area (Å²) in [5, 5.41) is 10.9. The van der Waals surface area contributed by atoms with E-state index < -0.39 is 0 Å². The molecule has 1 rings (SSSR count). The van der Waals surface area contributed by atoms with Crippen molar-refractivity contribution >= 4 is 0 Å². The molecule has 0 aromatic heterocycles. The van der Waals surface area contributed by atoms with Gasteiger partial charge < -0.3 is 10.0 Å². The van der Waals surface area contributed by atoms with E-state index in [0.29, 0.717) is 5.75 Å². The lowest BCUT2D eigenvalue weighted by molar-refractivity contribution is 0.381. The first-order valence-corrected chi connectivity index (χ1v) is 9.53. The van der Waals surface area contributed by atoms with Gasteiger partial charge in [-0.3, -0.25) is 0 Å². The lowest BCUT2D eigenvalue weighted by Crippen LogP contribution is -2.16. The molecule has 0 saturated carbocycles. The number of hydrogen-bond acceptors (Lipinski definition) is 2. The summed E-state index contributed by atoms with van der Waals surface area (Å²) in [5.74, 6) is 0.570. The van der Waals surface area contributed by atoms with E-state index in [-0.39, 0.29) is 0 Å².